The van der Waals surface area contributed by atoms with Crippen molar-refractivity contribution in [2.45, 2.75) is 0 Å². The van der Waals surface area contributed by atoms with Gasteiger partial charge in [-0.3, -0.25) is 4.79 Å². The number of fused-ring (bicyclic) bond motifs is 1. The molecule has 0 saturated carbocycles. The Morgan fingerprint density at radius 2 is 1.90 bits per heavy atom. The van der Waals surface area contributed by atoms with Gasteiger partial charge in [-0.05, 0) is 40.2 Å². The number of anilines is 1. The van der Waals surface area contributed by atoms with Gasteiger partial charge in [-0.25, -0.2) is 0 Å². The normalized spacial score (nSPS) is 10.8. The minimum Gasteiger partial charge on any atom is -0.320 e. The number of thiophene rings is 1. The zero-order valence-electron chi connectivity index (χ0n) is 10.5. The summed E-state index contributed by atoms with van der Waals surface area (Å²) in [4.78, 5) is 12.9. The van der Waals surface area contributed by atoms with Crippen LogP contribution in [0.15, 0.2) is 46.9 Å². The number of halogens is 3. The van der Waals surface area contributed by atoms with Crippen LogP contribution >= 0.6 is 50.5 Å². The van der Waals surface area contributed by atoms with Gasteiger partial charge in [0, 0.05) is 19.6 Å². The second-order valence-electron chi connectivity index (χ2n) is 4.32. The highest BCUT2D eigenvalue weighted by Gasteiger charge is 2.18. The summed E-state index contributed by atoms with van der Waals surface area (Å²) in [6, 6.07) is 12.8. The van der Waals surface area contributed by atoms with Crippen LogP contribution in [0, 0.1) is 0 Å². The average molecular weight is 401 g/mol. The van der Waals surface area contributed by atoms with E-state index in [1.807, 2.05) is 36.4 Å². The Morgan fingerprint density at radius 1 is 1.14 bits per heavy atom. The van der Waals surface area contributed by atoms with Gasteiger partial charge in [-0.15, -0.1) is 11.3 Å². The molecule has 1 N–H and O–H groups in total. The van der Waals surface area contributed by atoms with Crippen LogP contribution < -0.4 is 5.32 Å². The molecule has 2 aromatic carbocycles. The fourth-order valence-corrected chi connectivity index (χ4v) is 4.00. The number of amides is 1. The van der Waals surface area contributed by atoms with Crippen molar-refractivity contribution in [3.63, 3.8) is 0 Å². The van der Waals surface area contributed by atoms with E-state index in [1.165, 1.54) is 11.3 Å². The standard InChI is InChI=1S/C15H8BrCl2NOS/c16-10-3-1-2-4-11(10)19-15(20)14-13(18)9-6-5-8(17)7-12(9)21-14/h1-7H,(H,19,20). The molecular weight excluding hydrogens is 393 g/mol. The van der Waals surface area contributed by atoms with Gasteiger partial charge in [-0.1, -0.05) is 41.4 Å². The maximum atomic E-state index is 12.4. The van der Waals surface area contributed by atoms with Crippen LogP contribution in [-0.4, -0.2) is 5.91 Å². The lowest BCUT2D eigenvalue weighted by Crippen LogP contribution is -2.10. The number of hydrogen-bond donors (Lipinski definition) is 1. The molecule has 3 aromatic rings. The fraction of sp³-hybridized carbons (Fsp3) is 0. The first-order valence-electron chi connectivity index (χ1n) is 5.99. The zero-order chi connectivity index (χ0) is 15.0. The SMILES string of the molecule is O=C(Nc1ccccc1Br)c1sc2cc(Cl)ccc2c1Cl. The Bertz CT molecular complexity index is 847. The third-order valence-corrected chi connectivity index (χ3v) is 5.50. The molecule has 0 spiro atoms. The highest BCUT2D eigenvalue weighted by atomic mass is 79.9. The zero-order valence-corrected chi connectivity index (χ0v) is 14.4. The molecule has 0 atom stereocenters. The summed E-state index contributed by atoms with van der Waals surface area (Å²) in [6.45, 7) is 0. The quantitative estimate of drug-likeness (QED) is 0.543. The van der Waals surface area contributed by atoms with Crippen molar-refractivity contribution in [2.75, 3.05) is 5.32 Å². The second kappa shape index (κ2) is 5.97. The molecule has 2 nitrogen and oxygen atoms in total. The van der Waals surface area contributed by atoms with Gasteiger partial charge in [0.15, 0.2) is 0 Å². The van der Waals surface area contributed by atoms with E-state index in [4.69, 9.17) is 23.2 Å². The lowest BCUT2D eigenvalue weighted by Gasteiger charge is -2.05. The molecular formula is C15H8BrCl2NOS. The number of nitrogens with one attached hydrogen (secondary N) is 1. The third-order valence-electron chi connectivity index (χ3n) is 2.92. The summed E-state index contributed by atoms with van der Waals surface area (Å²) in [5.41, 5.74) is 0.703. The molecule has 106 valence electrons. The van der Waals surface area contributed by atoms with E-state index in [2.05, 4.69) is 21.2 Å². The molecule has 1 amide bonds. The van der Waals surface area contributed by atoms with Crippen molar-refractivity contribution in [1.29, 1.82) is 0 Å². The van der Waals surface area contributed by atoms with Gasteiger partial charge < -0.3 is 5.32 Å². The number of carbonyl (C=O) groups is 1. The lowest BCUT2D eigenvalue weighted by atomic mass is 10.2. The van der Waals surface area contributed by atoms with Crippen molar-refractivity contribution in [3.8, 4) is 0 Å². The minimum absolute atomic E-state index is 0.232. The van der Waals surface area contributed by atoms with Gasteiger partial charge in [0.05, 0.1) is 10.7 Å². The van der Waals surface area contributed by atoms with E-state index in [0.29, 0.717) is 20.6 Å². The molecule has 0 saturated heterocycles. The lowest BCUT2D eigenvalue weighted by molar-refractivity contribution is 0.103. The van der Waals surface area contributed by atoms with E-state index in [-0.39, 0.29) is 5.91 Å². The molecule has 1 heterocycles. The van der Waals surface area contributed by atoms with Crippen molar-refractivity contribution in [1.82, 2.24) is 0 Å². The summed E-state index contributed by atoms with van der Waals surface area (Å²) in [6.07, 6.45) is 0. The van der Waals surface area contributed by atoms with Crippen LogP contribution in [0.2, 0.25) is 10.0 Å². The summed E-state index contributed by atoms with van der Waals surface area (Å²) in [5, 5.41) is 4.76. The molecule has 0 bridgehead atoms. The molecule has 0 unspecified atom stereocenters. The van der Waals surface area contributed by atoms with Crippen LogP contribution in [0.3, 0.4) is 0 Å². The molecule has 0 aliphatic heterocycles. The number of para-hydroxylation sites is 1. The van der Waals surface area contributed by atoms with Gasteiger partial charge in [-0.2, -0.15) is 0 Å². The van der Waals surface area contributed by atoms with Crippen LogP contribution in [0.5, 0.6) is 0 Å². The molecule has 0 aliphatic rings. The van der Waals surface area contributed by atoms with Gasteiger partial charge in [0.2, 0.25) is 0 Å². The summed E-state index contributed by atoms with van der Waals surface area (Å²) in [5.74, 6) is -0.232. The van der Waals surface area contributed by atoms with Gasteiger partial charge in [0.1, 0.15) is 4.88 Å². The summed E-state index contributed by atoms with van der Waals surface area (Å²) >= 11 is 17.0. The van der Waals surface area contributed by atoms with Crippen LogP contribution in [-0.2, 0) is 0 Å². The first-order chi connectivity index (χ1) is 10.1. The van der Waals surface area contributed by atoms with E-state index in [9.17, 15) is 4.79 Å². The Morgan fingerprint density at radius 3 is 2.67 bits per heavy atom. The van der Waals surface area contributed by atoms with E-state index >= 15 is 0 Å². The Kier molecular flexibility index (Phi) is 4.22. The highest BCUT2D eigenvalue weighted by molar-refractivity contribution is 9.10. The number of carbonyl (C=O) groups excluding carboxylic acids is 1. The van der Waals surface area contributed by atoms with Crippen LogP contribution in [0.25, 0.3) is 10.1 Å². The topological polar surface area (TPSA) is 29.1 Å². The average Bonchev–Trinajstić information content (AvgIpc) is 2.78. The van der Waals surface area contributed by atoms with Crippen LogP contribution in [0.1, 0.15) is 9.67 Å². The molecule has 6 heteroatoms. The number of rotatable bonds is 2. The maximum absolute atomic E-state index is 12.4. The van der Waals surface area contributed by atoms with E-state index < -0.39 is 0 Å². The molecule has 1 aromatic heterocycles. The molecule has 0 aliphatic carbocycles. The maximum Gasteiger partial charge on any atom is 0.267 e. The molecule has 3 rings (SSSR count). The molecule has 21 heavy (non-hydrogen) atoms. The second-order valence-corrected chi connectivity index (χ2v) is 7.04. The fourth-order valence-electron chi connectivity index (χ4n) is 1.93. The van der Waals surface area contributed by atoms with Crippen molar-refractivity contribution < 1.29 is 4.79 Å². The monoisotopic (exact) mass is 399 g/mol. The molecule has 0 radical (unpaired) electrons. The summed E-state index contributed by atoms with van der Waals surface area (Å²) < 4.78 is 1.71. The number of hydrogen-bond acceptors (Lipinski definition) is 2. The first-order valence-corrected chi connectivity index (χ1v) is 8.36. The highest BCUT2D eigenvalue weighted by Crippen LogP contribution is 2.37. The van der Waals surface area contributed by atoms with Crippen LogP contribution in [0.4, 0.5) is 5.69 Å². The van der Waals surface area contributed by atoms with E-state index in [1.54, 1.807) is 6.07 Å². The van der Waals surface area contributed by atoms with Crippen molar-refractivity contribution >= 4 is 72.1 Å². The Balaban J connectivity index is 1.98. The van der Waals surface area contributed by atoms with E-state index in [0.717, 1.165) is 14.6 Å². The van der Waals surface area contributed by atoms with Crippen molar-refractivity contribution in [3.05, 3.63) is 61.9 Å². The Labute approximate surface area is 143 Å². The minimum atomic E-state index is -0.232. The summed E-state index contributed by atoms with van der Waals surface area (Å²) in [7, 11) is 0. The predicted octanol–water partition coefficient (Wildman–Crippen LogP) is 6.22. The smallest absolute Gasteiger partial charge is 0.267 e. The first kappa shape index (κ1) is 14.9. The van der Waals surface area contributed by atoms with Gasteiger partial charge >= 0.3 is 0 Å². The predicted molar refractivity (Wildman–Crippen MR) is 93.9 cm³/mol. The van der Waals surface area contributed by atoms with Gasteiger partial charge in [0.25, 0.3) is 5.91 Å². The largest absolute Gasteiger partial charge is 0.320 e. The van der Waals surface area contributed by atoms with Crippen molar-refractivity contribution in [2.24, 2.45) is 0 Å². The Hall–Kier alpha value is -1.07. The third kappa shape index (κ3) is 2.94. The number of benzene rings is 2. The molecule has 0 fully saturated rings.